The van der Waals surface area contributed by atoms with Crippen molar-refractivity contribution >= 4 is 0 Å². The molecule has 1 atom stereocenters. The molecule has 0 amide bonds. The molecule has 0 aromatic rings. The number of nitrogens with zero attached hydrogens (tertiary/aromatic N) is 2. The minimum absolute atomic E-state index is 0.634. The molecule has 0 radical (unpaired) electrons. The van der Waals surface area contributed by atoms with Gasteiger partial charge in [0.15, 0.2) is 0 Å². The van der Waals surface area contributed by atoms with Gasteiger partial charge in [-0.3, -0.25) is 0 Å². The Balaban J connectivity index is 1.95. The summed E-state index contributed by atoms with van der Waals surface area (Å²) in [6.07, 6.45) is 44.3. The molecule has 0 aromatic carbocycles. The topological polar surface area (TPSA) is 6.48 Å². The summed E-state index contributed by atoms with van der Waals surface area (Å²) in [6, 6.07) is 0. The van der Waals surface area contributed by atoms with E-state index in [2.05, 4.69) is 43.0 Å². The molecule has 2 nitrogen and oxygen atoms in total. The van der Waals surface area contributed by atoms with E-state index in [9.17, 15) is 0 Å². The standard InChI is InChI=1S/C35H70N2/c1-4-7-9-11-13-15-17-19-21-23-25-27-29-31-35-36(6-3)33-34-37(35)32-30-28-26-24-22-20-18-16-14-12-10-8-5-2/h33-35H,4-32H2,1-3H3. The molecule has 1 aliphatic heterocycles. The van der Waals surface area contributed by atoms with E-state index in [-0.39, 0.29) is 0 Å². The molecule has 0 spiro atoms. The van der Waals surface area contributed by atoms with Gasteiger partial charge >= 0.3 is 0 Å². The number of rotatable bonds is 29. The van der Waals surface area contributed by atoms with Crippen molar-refractivity contribution in [1.82, 2.24) is 9.80 Å². The van der Waals surface area contributed by atoms with E-state index in [0.717, 1.165) is 6.54 Å². The maximum atomic E-state index is 2.66. The monoisotopic (exact) mass is 519 g/mol. The van der Waals surface area contributed by atoms with Crippen LogP contribution < -0.4 is 0 Å². The van der Waals surface area contributed by atoms with Crippen molar-refractivity contribution in [3.8, 4) is 0 Å². The van der Waals surface area contributed by atoms with Crippen molar-refractivity contribution in [3.63, 3.8) is 0 Å². The average molecular weight is 519 g/mol. The van der Waals surface area contributed by atoms with Crippen LogP contribution in [-0.2, 0) is 0 Å². The van der Waals surface area contributed by atoms with Crippen molar-refractivity contribution in [1.29, 1.82) is 0 Å². The van der Waals surface area contributed by atoms with Crippen molar-refractivity contribution in [2.45, 2.75) is 200 Å². The van der Waals surface area contributed by atoms with Crippen molar-refractivity contribution in [3.05, 3.63) is 12.4 Å². The second kappa shape index (κ2) is 26.9. The first-order valence-electron chi connectivity index (χ1n) is 17.5. The number of hydrogen-bond acceptors (Lipinski definition) is 2. The lowest BCUT2D eigenvalue weighted by Crippen LogP contribution is -2.38. The molecule has 37 heavy (non-hydrogen) atoms. The quantitative estimate of drug-likeness (QED) is 0.0908. The summed E-state index contributed by atoms with van der Waals surface area (Å²) >= 11 is 0. The third-order valence-electron chi connectivity index (χ3n) is 8.67. The van der Waals surface area contributed by atoms with Crippen molar-refractivity contribution < 1.29 is 0 Å². The van der Waals surface area contributed by atoms with Gasteiger partial charge in [-0.1, -0.05) is 168 Å². The van der Waals surface area contributed by atoms with Crippen molar-refractivity contribution in [2.24, 2.45) is 0 Å². The summed E-state index contributed by atoms with van der Waals surface area (Å²) in [5.74, 6) is 0. The van der Waals surface area contributed by atoms with Gasteiger partial charge in [0.1, 0.15) is 6.17 Å². The van der Waals surface area contributed by atoms with Gasteiger partial charge in [0.2, 0.25) is 0 Å². The highest BCUT2D eigenvalue weighted by Crippen LogP contribution is 2.23. The molecule has 220 valence electrons. The maximum Gasteiger partial charge on any atom is 0.101 e. The minimum atomic E-state index is 0.634. The van der Waals surface area contributed by atoms with Crippen LogP contribution in [0.25, 0.3) is 0 Å². The predicted molar refractivity (Wildman–Crippen MR) is 168 cm³/mol. The van der Waals surface area contributed by atoms with Crippen LogP contribution in [0.3, 0.4) is 0 Å². The fourth-order valence-electron chi connectivity index (χ4n) is 6.09. The van der Waals surface area contributed by atoms with E-state index in [1.807, 2.05) is 0 Å². The van der Waals surface area contributed by atoms with E-state index in [1.165, 1.54) is 180 Å². The van der Waals surface area contributed by atoms with Gasteiger partial charge in [-0.25, -0.2) is 0 Å². The normalized spacial score (nSPS) is 15.4. The lowest BCUT2D eigenvalue weighted by atomic mass is 10.0. The number of unbranched alkanes of at least 4 members (excludes halogenated alkanes) is 24. The lowest BCUT2D eigenvalue weighted by Gasteiger charge is -2.32. The molecule has 0 fully saturated rings. The molecule has 0 saturated heterocycles. The van der Waals surface area contributed by atoms with E-state index >= 15 is 0 Å². The van der Waals surface area contributed by atoms with E-state index < -0.39 is 0 Å². The summed E-state index contributed by atoms with van der Waals surface area (Å²) in [5, 5.41) is 0. The highest BCUT2D eigenvalue weighted by molar-refractivity contribution is 4.96. The maximum absolute atomic E-state index is 2.66. The first-order chi connectivity index (χ1) is 18.3. The second-order valence-corrected chi connectivity index (χ2v) is 12.1. The molecule has 0 N–H and O–H groups in total. The molecule has 1 aliphatic rings. The summed E-state index contributed by atoms with van der Waals surface area (Å²) in [6.45, 7) is 9.33. The fourth-order valence-corrected chi connectivity index (χ4v) is 6.09. The summed E-state index contributed by atoms with van der Waals surface area (Å²) in [7, 11) is 0. The van der Waals surface area contributed by atoms with Crippen LogP contribution in [0.4, 0.5) is 0 Å². The van der Waals surface area contributed by atoms with Crippen LogP contribution in [0.5, 0.6) is 0 Å². The SMILES string of the molecule is CCCCCCCCCCCCCCCC1N(CC)C=CN1CCCCCCCCCCCCCCC. The summed E-state index contributed by atoms with van der Waals surface area (Å²) < 4.78 is 0. The average Bonchev–Trinajstić information content (AvgIpc) is 3.31. The van der Waals surface area contributed by atoms with Gasteiger partial charge in [-0.2, -0.15) is 0 Å². The van der Waals surface area contributed by atoms with E-state index in [0.29, 0.717) is 6.17 Å². The van der Waals surface area contributed by atoms with Gasteiger partial charge in [-0.15, -0.1) is 0 Å². The molecule has 1 unspecified atom stereocenters. The molecule has 1 heterocycles. The molecule has 0 saturated carbocycles. The highest BCUT2D eigenvalue weighted by atomic mass is 15.4. The van der Waals surface area contributed by atoms with Gasteiger partial charge < -0.3 is 9.80 Å². The summed E-state index contributed by atoms with van der Waals surface area (Å²) in [4.78, 5) is 5.23. The Kier molecular flexibility index (Phi) is 25.0. The Morgan fingerprint density at radius 1 is 0.378 bits per heavy atom. The molecule has 0 aromatic heterocycles. The van der Waals surface area contributed by atoms with Gasteiger partial charge in [0.25, 0.3) is 0 Å². The number of hydrogen-bond donors (Lipinski definition) is 0. The molecule has 2 heteroatoms. The predicted octanol–water partition coefficient (Wildman–Crippen LogP) is 12.0. The Morgan fingerprint density at radius 3 is 1.08 bits per heavy atom. The van der Waals surface area contributed by atoms with Crippen LogP contribution >= 0.6 is 0 Å². The minimum Gasteiger partial charge on any atom is -0.356 e. The first-order valence-corrected chi connectivity index (χ1v) is 17.5. The first kappa shape index (κ1) is 34.4. The molecular formula is C35H70N2. The Bertz CT molecular complexity index is 474. The summed E-state index contributed by atoms with van der Waals surface area (Å²) in [5.41, 5.74) is 0. The van der Waals surface area contributed by atoms with Crippen molar-refractivity contribution in [2.75, 3.05) is 13.1 Å². The zero-order valence-electron chi connectivity index (χ0n) is 26.1. The largest absolute Gasteiger partial charge is 0.356 e. The lowest BCUT2D eigenvalue weighted by molar-refractivity contribution is 0.142. The molecule has 0 aliphatic carbocycles. The van der Waals surface area contributed by atoms with Gasteiger partial charge in [-0.05, 0) is 26.2 Å². The zero-order valence-corrected chi connectivity index (χ0v) is 26.1. The highest BCUT2D eigenvalue weighted by Gasteiger charge is 2.23. The van der Waals surface area contributed by atoms with Crippen LogP contribution in [0, 0.1) is 0 Å². The Hall–Kier alpha value is -0.660. The zero-order chi connectivity index (χ0) is 26.7. The smallest absolute Gasteiger partial charge is 0.101 e. The molecular weight excluding hydrogens is 448 g/mol. The van der Waals surface area contributed by atoms with Crippen LogP contribution in [0.1, 0.15) is 194 Å². The Labute approximate surface area is 235 Å². The molecule has 0 bridgehead atoms. The van der Waals surface area contributed by atoms with Crippen LogP contribution in [0.15, 0.2) is 12.4 Å². The molecule has 1 rings (SSSR count). The van der Waals surface area contributed by atoms with E-state index in [1.54, 1.807) is 0 Å². The van der Waals surface area contributed by atoms with Crippen LogP contribution in [0.2, 0.25) is 0 Å². The van der Waals surface area contributed by atoms with E-state index in [4.69, 9.17) is 0 Å². The van der Waals surface area contributed by atoms with Gasteiger partial charge in [0, 0.05) is 25.5 Å². The second-order valence-electron chi connectivity index (χ2n) is 12.1. The van der Waals surface area contributed by atoms with Crippen LogP contribution in [-0.4, -0.2) is 29.1 Å². The third-order valence-corrected chi connectivity index (χ3v) is 8.67. The Morgan fingerprint density at radius 2 is 0.703 bits per heavy atom. The fraction of sp³-hybridized carbons (Fsp3) is 0.943. The van der Waals surface area contributed by atoms with Gasteiger partial charge in [0.05, 0.1) is 0 Å². The third kappa shape index (κ3) is 20.0.